The molecular weight excluding hydrogens is 560 g/mol. The molecule has 1 saturated heterocycles. The summed E-state index contributed by atoms with van der Waals surface area (Å²) < 4.78 is 26.8. The van der Waals surface area contributed by atoms with Crippen molar-refractivity contribution in [2.24, 2.45) is 10.9 Å². The van der Waals surface area contributed by atoms with Crippen LogP contribution in [0.15, 0.2) is 90.3 Å². The smallest absolute Gasteiger partial charge is 0.257 e. The lowest BCUT2D eigenvalue weighted by atomic mass is 9.81. The van der Waals surface area contributed by atoms with Crippen LogP contribution in [0.1, 0.15) is 21.6 Å². The Morgan fingerprint density at radius 1 is 0.929 bits per heavy atom. The van der Waals surface area contributed by atoms with Gasteiger partial charge in [0, 0.05) is 35.2 Å². The van der Waals surface area contributed by atoms with E-state index in [1.165, 1.54) is 23.9 Å². The Morgan fingerprint density at radius 2 is 1.71 bits per heavy atom. The van der Waals surface area contributed by atoms with Gasteiger partial charge in [0.15, 0.2) is 11.0 Å². The lowest BCUT2D eigenvalue weighted by Gasteiger charge is -2.35. The molecule has 0 aliphatic carbocycles. The number of amidine groups is 1. The number of nitrogens with zero attached hydrogens (tertiary/aromatic N) is 5. The molecule has 2 aliphatic rings. The molecule has 2 amide bonds. The van der Waals surface area contributed by atoms with E-state index in [4.69, 9.17) is 4.99 Å². The maximum absolute atomic E-state index is 13.6. The third-order valence-electron chi connectivity index (χ3n) is 7.19. The quantitative estimate of drug-likeness (QED) is 0.349. The highest BCUT2D eigenvalue weighted by atomic mass is 32.2. The van der Waals surface area contributed by atoms with Crippen molar-refractivity contribution < 1.29 is 18.4 Å². The topological polar surface area (TPSA) is 112 Å². The number of pyridine rings is 1. The average molecular weight is 586 g/mol. The monoisotopic (exact) mass is 585 g/mol. The Morgan fingerprint density at radius 3 is 2.48 bits per heavy atom. The summed E-state index contributed by atoms with van der Waals surface area (Å²) in [5, 5.41) is 6.34. The SMILES string of the molecule is O=C(Cc1ccc(F)cn1)Nc1cccc([C@]23CN(c4ncc(F)cn4)C[C@H]2CSC(NC(=O)c2ccccc2)=N3)c1. The lowest BCUT2D eigenvalue weighted by Crippen LogP contribution is -2.42. The molecule has 4 aromatic rings. The summed E-state index contributed by atoms with van der Waals surface area (Å²) in [7, 11) is 0. The van der Waals surface area contributed by atoms with Crippen LogP contribution in [0, 0.1) is 17.6 Å². The van der Waals surface area contributed by atoms with Crippen LogP contribution in [0.4, 0.5) is 20.4 Å². The van der Waals surface area contributed by atoms with Crippen LogP contribution in [0.5, 0.6) is 0 Å². The molecule has 0 saturated carbocycles. The number of fused-ring (bicyclic) bond motifs is 1. The van der Waals surface area contributed by atoms with Crippen LogP contribution in [0.25, 0.3) is 0 Å². The number of nitrogens with one attached hydrogen (secondary N) is 2. The summed E-state index contributed by atoms with van der Waals surface area (Å²) in [4.78, 5) is 45.1. The van der Waals surface area contributed by atoms with Gasteiger partial charge in [-0.2, -0.15) is 0 Å². The zero-order valence-corrected chi connectivity index (χ0v) is 23.0. The second-order valence-corrected chi connectivity index (χ2v) is 11.0. The van der Waals surface area contributed by atoms with Gasteiger partial charge in [0.05, 0.1) is 31.6 Å². The Kier molecular flexibility index (Phi) is 7.62. The van der Waals surface area contributed by atoms with Crippen molar-refractivity contribution in [2.45, 2.75) is 12.0 Å². The maximum atomic E-state index is 13.6. The summed E-state index contributed by atoms with van der Waals surface area (Å²) in [6.07, 6.45) is 3.32. The first-order chi connectivity index (χ1) is 20.4. The third-order valence-corrected chi connectivity index (χ3v) is 8.23. The van der Waals surface area contributed by atoms with E-state index in [0.717, 1.165) is 24.2 Å². The van der Waals surface area contributed by atoms with Gasteiger partial charge in [-0.25, -0.2) is 23.7 Å². The van der Waals surface area contributed by atoms with Gasteiger partial charge in [-0.05, 0) is 42.0 Å². The predicted molar refractivity (Wildman–Crippen MR) is 156 cm³/mol. The van der Waals surface area contributed by atoms with Gasteiger partial charge in [-0.3, -0.25) is 14.6 Å². The molecule has 0 spiro atoms. The molecular formula is C30H25F2N7O2S. The van der Waals surface area contributed by atoms with E-state index in [9.17, 15) is 18.4 Å². The molecule has 1 fully saturated rings. The second-order valence-electron chi connectivity index (χ2n) is 10.0. The summed E-state index contributed by atoms with van der Waals surface area (Å²) in [6, 6.07) is 19.1. The fourth-order valence-corrected chi connectivity index (χ4v) is 6.33. The van der Waals surface area contributed by atoms with E-state index in [1.807, 2.05) is 29.2 Å². The third kappa shape index (κ3) is 5.84. The number of benzene rings is 2. The van der Waals surface area contributed by atoms with Crippen LogP contribution in [-0.2, 0) is 16.8 Å². The number of thioether (sulfide) groups is 1. The summed E-state index contributed by atoms with van der Waals surface area (Å²) in [6.45, 7) is 0.945. The van der Waals surface area contributed by atoms with Crippen molar-refractivity contribution >= 4 is 40.4 Å². The molecule has 212 valence electrons. The Balaban J connectivity index is 1.30. The molecule has 0 radical (unpaired) electrons. The first kappa shape index (κ1) is 27.5. The molecule has 0 bridgehead atoms. The van der Waals surface area contributed by atoms with Crippen molar-refractivity contribution in [3.63, 3.8) is 0 Å². The lowest BCUT2D eigenvalue weighted by molar-refractivity contribution is -0.115. The first-order valence-electron chi connectivity index (χ1n) is 13.2. The Labute approximate surface area is 244 Å². The summed E-state index contributed by atoms with van der Waals surface area (Å²) >= 11 is 1.46. The van der Waals surface area contributed by atoms with Crippen LogP contribution >= 0.6 is 11.8 Å². The summed E-state index contributed by atoms with van der Waals surface area (Å²) in [5.41, 5.74) is 1.56. The number of anilines is 2. The van der Waals surface area contributed by atoms with Gasteiger partial charge in [-0.15, -0.1) is 0 Å². The standard InChI is InChI=1S/C30H25F2N7O2S/c31-22-9-10-24(33-13-22)12-26(40)36-25-8-4-7-20(11-25)30-18-39(28-34-14-23(32)15-35-28)16-21(30)17-42-29(38-30)37-27(41)19-5-2-1-3-6-19/h1-11,13-15,21H,12,16-18H2,(H,36,40)(H,37,38,41)/t21-,30+/m0/s1. The van der Waals surface area contributed by atoms with Crippen LogP contribution < -0.4 is 15.5 Å². The molecule has 2 atom stereocenters. The minimum Gasteiger partial charge on any atom is -0.338 e. The number of aromatic nitrogens is 3. The van der Waals surface area contributed by atoms with Crippen molar-refractivity contribution in [2.75, 3.05) is 29.1 Å². The van der Waals surface area contributed by atoms with Gasteiger partial charge in [0.1, 0.15) is 11.4 Å². The van der Waals surface area contributed by atoms with Gasteiger partial charge in [-0.1, -0.05) is 42.1 Å². The molecule has 2 aromatic heterocycles. The Bertz CT molecular complexity index is 1640. The summed E-state index contributed by atoms with van der Waals surface area (Å²) in [5.74, 6) is -0.515. The largest absolute Gasteiger partial charge is 0.338 e. The number of amides is 2. The minimum absolute atomic E-state index is 0.00268. The van der Waals surface area contributed by atoms with Crippen molar-refractivity contribution in [1.29, 1.82) is 0 Å². The molecule has 4 heterocycles. The fraction of sp³-hybridized carbons (Fsp3) is 0.200. The van der Waals surface area contributed by atoms with E-state index < -0.39 is 17.2 Å². The second kappa shape index (κ2) is 11.6. The highest BCUT2D eigenvalue weighted by Crippen LogP contribution is 2.46. The molecule has 9 nitrogen and oxygen atoms in total. The van der Waals surface area contributed by atoms with E-state index in [-0.39, 0.29) is 24.2 Å². The number of halogens is 2. The molecule has 0 unspecified atom stereocenters. The fourth-order valence-electron chi connectivity index (χ4n) is 5.19. The predicted octanol–water partition coefficient (Wildman–Crippen LogP) is 4.20. The van der Waals surface area contributed by atoms with Crippen molar-refractivity contribution in [3.05, 3.63) is 114 Å². The maximum Gasteiger partial charge on any atom is 0.257 e. The molecule has 42 heavy (non-hydrogen) atoms. The average Bonchev–Trinajstić information content (AvgIpc) is 3.39. The van der Waals surface area contributed by atoms with E-state index in [1.54, 1.807) is 30.3 Å². The van der Waals surface area contributed by atoms with E-state index in [0.29, 0.717) is 46.9 Å². The first-order valence-corrected chi connectivity index (χ1v) is 14.2. The van der Waals surface area contributed by atoms with E-state index >= 15 is 0 Å². The number of rotatable bonds is 6. The number of hydrogen-bond acceptors (Lipinski definition) is 8. The highest BCUT2D eigenvalue weighted by molar-refractivity contribution is 8.13. The van der Waals surface area contributed by atoms with Gasteiger partial charge >= 0.3 is 0 Å². The number of hydrogen-bond donors (Lipinski definition) is 2. The normalized spacial score (nSPS) is 19.5. The van der Waals surface area contributed by atoms with Crippen molar-refractivity contribution in [1.82, 2.24) is 20.3 Å². The van der Waals surface area contributed by atoms with Gasteiger partial charge in [0.25, 0.3) is 5.91 Å². The Hall–Kier alpha value is -4.71. The number of carbonyl (C=O) groups is 2. The zero-order chi connectivity index (χ0) is 29.1. The molecule has 12 heteroatoms. The number of aliphatic imine (C=N–C) groups is 1. The van der Waals surface area contributed by atoms with Crippen LogP contribution in [-0.4, -0.2) is 50.8 Å². The molecule has 2 aliphatic heterocycles. The zero-order valence-electron chi connectivity index (χ0n) is 22.2. The van der Waals surface area contributed by atoms with Crippen molar-refractivity contribution in [3.8, 4) is 0 Å². The molecule has 6 rings (SSSR count). The molecule has 2 N–H and O–H groups in total. The minimum atomic E-state index is -0.804. The molecule has 2 aromatic carbocycles. The van der Waals surface area contributed by atoms with Crippen LogP contribution in [0.2, 0.25) is 0 Å². The number of carbonyl (C=O) groups excluding carboxylic acids is 2. The highest BCUT2D eigenvalue weighted by Gasteiger charge is 2.51. The van der Waals surface area contributed by atoms with Gasteiger partial charge < -0.3 is 15.5 Å². The van der Waals surface area contributed by atoms with Gasteiger partial charge in [0.2, 0.25) is 11.9 Å². The van der Waals surface area contributed by atoms with Crippen LogP contribution in [0.3, 0.4) is 0 Å². The van der Waals surface area contributed by atoms with E-state index in [2.05, 4.69) is 25.6 Å².